The standard InChI is InChI=1S/C19H18O2/c1-13(2)19(20)21-12-18-16-9-5-3-7-14(16)11-15-8-4-6-10-17(15)18/h3-11,13H,12H2,1-2H3. The zero-order valence-corrected chi connectivity index (χ0v) is 12.3. The quantitative estimate of drug-likeness (QED) is 0.513. The first-order chi connectivity index (χ1) is 10.2. The number of hydrogen-bond donors (Lipinski definition) is 0. The summed E-state index contributed by atoms with van der Waals surface area (Å²) in [7, 11) is 0. The lowest BCUT2D eigenvalue weighted by Crippen LogP contribution is -2.11. The molecule has 0 aliphatic rings. The van der Waals surface area contributed by atoms with E-state index in [4.69, 9.17) is 4.74 Å². The second-order valence-corrected chi connectivity index (χ2v) is 5.56. The molecule has 0 atom stereocenters. The minimum absolute atomic E-state index is 0.105. The monoisotopic (exact) mass is 278 g/mol. The molecular formula is C19H18O2. The third-order valence-electron chi connectivity index (χ3n) is 3.71. The first kappa shape index (κ1) is 13.6. The van der Waals surface area contributed by atoms with Crippen LogP contribution in [0.5, 0.6) is 0 Å². The van der Waals surface area contributed by atoms with E-state index in [1.54, 1.807) is 0 Å². The Kier molecular flexibility index (Phi) is 3.61. The maximum atomic E-state index is 11.8. The third-order valence-corrected chi connectivity index (χ3v) is 3.71. The Balaban J connectivity index is 2.14. The SMILES string of the molecule is CC(C)C(=O)OCc1c2ccccc2cc2ccccc12. The van der Waals surface area contributed by atoms with E-state index in [0.29, 0.717) is 6.61 Å². The molecule has 0 aromatic heterocycles. The van der Waals surface area contributed by atoms with Gasteiger partial charge in [-0.05, 0) is 27.6 Å². The summed E-state index contributed by atoms with van der Waals surface area (Å²) < 4.78 is 5.47. The fourth-order valence-corrected chi connectivity index (χ4v) is 2.57. The molecule has 3 rings (SSSR count). The summed E-state index contributed by atoms with van der Waals surface area (Å²) in [4.78, 5) is 11.8. The van der Waals surface area contributed by atoms with Crippen molar-refractivity contribution >= 4 is 27.5 Å². The first-order valence-corrected chi connectivity index (χ1v) is 7.23. The fraction of sp³-hybridized carbons (Fsp3) is 0.211. The van der Waals surface area contributed by atoms with Crippen molar-refractivity contribution in [2.45, 2.75) is 20.5 Å². The van der Waals surface area contributed by atoms with Crippen molar-refractivity contribution in [1.82, 2.24) is 0 Å². The molecular weight excluding hydrogens is 260 g/mol. The highest BCUT2D eigenvalue weighted by molar-refractivity contribution is 6.02. The van der Waals surface area contributed by atoms with Gasteiger partial charge in [0, 0.05) is 5.56 Å². The van der Waals surface area contributed by atoms with Crippen LogP contribution in [0.15, 0.2) is 54.6 Å². The van der Waals surface area contributed by atoms with Crippen LogP contribution < -0.4 is 0 Å². The molecule has 106 valence electrons. The Morgan fingerprint density at radius 2 is 1.48 bits per heavy atom. The van der Waals surface area contributed by atoms with Gasteiger partial charge < -0.3 is 4.74 Å². The highest BCUT2D eigenvalue weighted by atomic mass is 16.5. The average molecular weight is 278 g/mol. The van der Waals surface area contributed by atoms with Gasteiger partial charge in [-0.25, -0.2) is 0 Å². The number of esters is 1. The summed E-state index contributed by atoms with van der Waals surface area (Å²) in [5.41, 5.74) is 1.08. The minimum atomic E-state index is -0.160. The molecule has 0 amide bonds. The molecule has 0 N–H and O–H groups in total. The Morgan fingerprint density at radius 3 is 2.00 bits per heavy atom. The van der Waals surface area contributed by atoms with E-state index in [2.05, 4.69) is 30.3 Å². The zero-order valence-electron chi connectivity index (χ0n) is 12.3. The van der Waals surface area contributed by atoms with Crippen LogP contribution >= 0.6 is 0 Å². The molecule has 3 aromatic rings. The van der Waals surface area contributed by atoms with Crippen molar-refractivity contribution in [3.8, 4) is 0 Å². The van der Waals surface area contributed by atoms with E-state index in [9.17, 15) is 4.79 Å². The average Bonchev–Trinajstić information content (AvgIpc) is 2.51. The molecule has 0 aliphatic carbocycles. The van der Waals surface area contributed by atoms with Crippen LogP contribution in [0.1, 0.15) is 19.4 Å². The minimum Gasteiger partial charge on any atom is -0.461 e. The Labute approximate surface area is 124 Å². The third kappa shape index (κ3) is 2.62. The van der Waals surface area contributed by atoms with Gasteiger partial charge in [0.15, 0.2) is 0 Å². The molecule has 0 spiro atoms. The van der Waals surface area contributed by atoms with Crippen LogP contribution in [0.25, 0.3) is 21.5 Å². The highest BCUT2D eigenvalue weighted by Gasteiger charge is 2.12. The summed E-state index contributed by atoms with van der Waals surface area (Å²) in [6.07, 6.45) is 0. The molecule has 0 bridgehead atoms. The summed E-state index contributed by atoms with van der Waals surface area (Å²) >= 11 is 0. The summed E-state index contributed by atoms with van der Waals surface area (Å²) in [5.74, 6) is -0.266. The fourth-order valence-electron chi connectivity index (χ4n) is 2.57. The second-order valence-electron chi connectivity index (χ2n) is 5.56. The summed E-state index contributed by atoms with van der Waals surface area (Å²) in [5, 5.41) is 4.64. The van der Waals surface area contributed by atoms with Gasteiger partial charge in [0.05, 0.1) is 5.92 Å². The normalized spacial score (nSPS) is 11.2. The zero-order chi connectivity index (χ0) is 14.8. The molecule has 0 saturated carbocycles. The van der Waals surface area contributed by atoms with Crippen molar-refractivity contribution in [3.63, 3.8) is 0 Å². The van der Waals surface area contributed by atoms with Crippen molar-refractivity contribution < 1.29 is 9.53 Å². The number of carbonyl (C=O) groups excluding carboxylic acids is 1. The van der Waals surface area contributed by atoms with Gasteiger partial charge in [-0.1, -0.05) is 62.4 Å². The number of rotatable bonds is 3. The van der Waals surface area contributed by atoms with E-state index >= 15 is 0 Å². The number of fused-ring (bicyclic) bond motifs is 2. The van der Waals surface area contributed by atoms with Gasteiger partial charge >= 0.3 is 5.97 Å². The van der Waals surface area contributed by atoms with Crippen LogP contribution in [-0.4, -0.2) is 5.97 Å². The van der Waals surface area contributed by atoms with Crippen LogP contribution in [0.2, 0.25) is 0 Å². The van der Waals surface area contributed by atoms with Gasteiger partial charge in [-0.2, -0.15) is 0 Å². The molecule has 2 heteroatoms. The van der Waals surface area contributed by atoms with Gasteiger partial charge in [0.2, 0.25) is 0 Å². The van der Waals surface area contributed by atoms with Gasteiger partial charge in [-0.15, -0.1) is 0 Å². The lowest BCUT2D eigenvalue weighted by atomic mass is 9.97. The topological polar surface area (TPSA) is 26.3 Å². The summed E-state index contributed by atoms with van der Waals surface area (Å²) in [6, 6.07) is 18.6. The Morgan fingerprint density at radius 1 is 0.952 bits per heavy atom. The predicted molar refractivity (Wildman–Crippen MR) is 86.1 cm³/mol. The molecule has 0 saturated heterocycles. The molecule has 0 unspecified atom stereocenters. The largest absolute Gasteiger partial charge is 0.461 e. The Hall–Kier alpha value is -2.35. The number of carbonyl (C=O) groups is 1. The lowest BCUT2D eigenvalue weighted by Gasteiger charge is -2.13. The molecule has 0 heterocycles. The first-order valence-electron chi connectivity index (χ1n) is 7.23. The van der Waals surface area contributed by atoms with Crippen molar-refractivity contribution in [2.24, 2.45) is 5.92 Å². The lowest BCUT2D eigenvalue weighted by molar-refractivity contribution is -0.148. The van der Waals surface area contributed by atoms with Gasteiger partial charge in [0.25, 0.3) is 0 Å². The van der Waals surface area contributed by atoms with Crippen LogP contribution in [0.4, 0.5) is 0 Å². The summed E-state index contributed by atoms with van der Waals surface area (Å²) in [6.45, 7) is 4.02. The van der Waals surface area contributed by atoms with E-state index in [-0.39, 0.29) is 11.9 Å². The molecule has 0 aliphatic heterocycles. The van der Waals surface area contributed by atoms with Crippen molar-refractivity contribution in [2.75, 3.05) is 0 Å². The number of benzene rings is 3. The second kappa shape index (κ2) is 5.57. The van der Waals surface area contributed by atoms with Crippen molar-refractivity contribution in [1.29, 1.82) is 0 Å². The molecule has 2 nitrogen and oxygen atoms in total. The van der Waals surface area contributed by atoms with E-state index < -0.39 is 0 Å². The van der Waals surface area contributed by atoms with Crippen LogP contribution in [0.3, 0.4) is 0 Å². The van der Waals surface area contributed by atoms with Crippen LogP contribution in [-0.2, 0) is 16.1 Å². The van der Waals surface area contributed by atoms with Crippen molar-refractivity contribution in [3.05, 3.63) is 60.2 Å². The molecule has 3 aromatic carbocycles. The molecule has 0 radical (unpaired) electrons. The maximum Gasteiger partial charge on any atom is 0.308 e. The maximum absolute atomic E-state index is 11.8. The van der Waals surface area contributed by atoms with E-state index in [1.165, 1.54) is 10.8 Å². The smallest absolute Gasteiger partial charge is 0.308 e. The van der Waals surface area contributed by atoms with E-state index in [1.807, 2.05) is 38.1 Å². The number of ether oxygens (including phenoxy) is 1. The molecule has 21 heavy (non-hydrogen) atoms. The van der Waals surface area contributed by atoms with Gasteiger partial charge in [-0.3, -0.25) is 4.79 Å². The van der Waals surface area contributed by atoms with Crippen LogP contribution in [0, 0.1) is 5.92 Å². The van der Waals surface area contributed by atoms with E-state index in [0.717, 1.165) is 16.3 Å². The highest BCUT2D eigenvalue weighted by Crippen LogP contribution is 2.29. The van der Waals surface area contributed by atoms with Gasteiger partial charge in [0.1, 0.15) is 6.61 Å². The Bertz CT molecular complexity index is 749. The molecule has 0 fully saturated rings. The predicted octanol–water partition coefficient (Wildman–Crippen LogP) is 4.69. The number of hydrogen-bond acceptors (Lipinski definition) is 2.